The zero-order valence-corrected chi connectivity index (χ0v) is 11.9. The van der Waals surface area contributed by atoms with Crippen LogP contribution >= 0.6 is 0 Å². The van der Waals surface area contributed by atoms with Crippen molar-refractivity contribution in [3.05, 3.63) is 48.5 Å². The Bertz CT molecular complexity index is 452. The fourth-order valence-corrected chi connectivity index (χ4v) is 2.39. The fraction of sp³-hybridized carbons (Fsp3) is 0.467. The predicted molar refractivity (Wildman–Crippen MR) is 78.4 cm³/mol. The summed E-state index contributed by atoms with van der Waals surface area (Å²) in [7, 11) is 0. The minimum Gasteiger partial charge on any atom is -0.344 e. The SMILES string of the molecule is CCCCC(C)(Cn1cncn1)c1ccccc1.N. The molecule has 0 bridgehead atoms. The molecule has 4 nitrogen and oxygen atoms in total. The lowest BCUT2D eigenvalue weighted by Gasteiger charge is -2.30. The van der Waals surface area contributed by atoms with Crippen LogP contribution in [0.5, 0.6) is 0 Å². The summed E-state index contributed by atoms with van der Waals surface area (Å²) in [6.07, 6.45) is 7.03. The van der Waals surface area contributed by atoms with Crippen molar-refractivity contribution in [3.8, 4) is 0 Å². The highest BCUT2D eigenvalue weighted by Gasteiger charge is 2.26. The summed E-state index contributed by atoms with van der Waals surface area (Å²) >= 11 is 0. The molecule has 1 aromatic heterocycles. The van der Waals surface area contributed by atoms with Gasteiger partial charge in [-0.3, -0.25) is 4.68 Å². The van der Waals surface area contributed by atoms with Crippen LogP contribution in [0.4, 0.5) is 0 Å². The zero-order valence-electron chi connectivity index (χ0n) is 11.9. The molecule has 0 aliphatic rings. The second kappa shape index (κ2) is 7.04. The van der Waals surface area contributed by atoms with Gasteiger partial charge in [0.15, 0.2) is 0 Å². The van der Waals surface area contributed by atoms with E-state index in [-0.39, 0.29) is 11.6 Å². The first kappa shape index (κ1) is 15.4. The molecule has 0 saturated carbocycles. The second-order valence-electron chi connectivity index (χ2n) is 5.12. The van der Waals surface area contributed by atoms with Crippen molar-refractivity contribution in [2.75, 3.05) is 0 Å². The molecule has 0 spiro atoms. The summed E-state index contributed by atoms with van der Waals surface area (Å²) in [4.78, 5) is 4.03. The Kier molecular flexibility index (Phi) is 5.70. The van der Waals surface area contributed by atoms with E-state index in [2.05, 4.69) is 54.3 Å². The third kappa shape index (κ3) is 3.89. The summed E-state index contributed by atoms with van der Waals surface area (Å²) < 4.78 is 1.93. The second-order valence-corrected chi connectivity index (χ2v) is 5.12. The molecular formula is C15H24N4. The molecule has 0 radical (unpaired) electrons. The summed E-state index contributed by atoms with van der Waals surface area (Å²) in [6, 6.07) is 10.7. The van der Waals surface area contributed by atoms with Crippen molar-refractivity contribution in [3.63, 3.8) is 0 Å². The van der Waals surface area contributed by atoms with Crippen molar-refractivity contribution in [2.45, 2.75) is 45.1 Å². The van der Waals surface area contributed by atoms with Crippen LogP contribution in [0.25, 0.3) is 0 Å². The van der Waals surface area contributed by atoms with E-state index in [0.29, 0.717) is 0 Å². The molecule has 0 amide bonds. The number of rotatable bonds is 6. The molecule has 0 aliphatic heterocycles. The first-order valence-corrected chi connectivity index (χ1v) is 6.62. The number of nitrogens with zero attached hydrogens (tertiary/aromatic N) is 3. The molecule has 0 saturated heterocycles. The summed E-state index contributed by atoms with van der Waals surface area (Å²) in [6.45, 7) is 5.44. The molecule has 104 valence electrons. The van der Waals surface area contributed by atoms with Gasteiger partial charge in [0.1, 0.15) is 12.7 Å². The third-order valence-electron chi connectivity index (χ3n) is 3.53. The van der Waals surface area contributed by atoms with E-state index in [9.17, 15) is 0 Å². The van der Waals surface area contributed by atoms with E-state index >= 15 is 0 Å². The van der Waals surface area contributed by atoms with Gasteiger partial charge in [-0.05, 0) is 12.0 Å². The average molecular weight is 260 g/mol. The molecule has 19 heavy (non-hydrogen) atoms. The summed E-state index contributed by atoms with van der Waals surface area (Å²) in [5.41, 5.74) is 1.51. The fourth-order valence-electron chi connectivity index (χ4n) is 2.39. The Hall–Kier alpha value is -1.68. The molecule has 0 aliphatic carbocycles. The Balaban J connectivity index is 0.00000180. The zero-order chi connectivity index (χ0) is 12.8. The molecule has 1 unspecified atom stereocenters. The topological polar surface area (TPSA) is 65.7 Å². The van der Waals surface area contributed by atoms with Crippen LogP contribution in [0.1, 0.15) is 38.7 Å². The smallest absolute Gasteiger partial charge is 0.137 e. The lowest BCUT2D eigenvalue weighted by Crippen LogP contribution is -2.28. The van der Waals surface area contributed by atoms with Crippen molar-refractivity contribution in [1.82, 2.24) is 20.9 Å². The van der Waals surface area contributed by atoms with E-state index in [1.165, 1.54) is 24.8 Å². The van der Waals surface area contributed by atoms with Gasteiger partial charge >= 0.3 is 0 Å². The monoisotopic (exact) mass is 260 g/mol. The van der Waals surface area contributed by atoms with Gasteiger partial charge in [-0.15, -0.1) is 0 Å². The maximum atomic E-state index is 4.24. The molecular weight excluding hydrogens is 236 g/mol. The van der Waals surface area contributed by atoms with Crippen molar-refractivity contribution in [1.29, 1.82) is 0 Å². The van der Waals surface area contributed by atoms with Crippen LogP contribution in [0.3, 0.4) is 0 Å². The van der Waals surface area contributed by atoms with Gasteiger partial charge in [0.25, 0.3) is 0 Å². The van der Waals surface area contributed by atoms with Crippen molar-refractivity contribution >= 4 is 0 Å². The van der Waals surface area contributed by atoms with E-state index in [0.717, 1.165) is 6.54 Å². The lowest BCUT2D eigenvalue weighted by molar-refractivity contribution is 0.340. The standard InChI is InChI=1S/C15H21N3.H3N/c1-3-4-10-15(2,11-18-13-16-12-17-18)14-8-6-5-7-9-14;/h5-9,12-13H,3-4,10-11H2,1-2H3;1H3. The van der Waals surface area contributed by atoms with Crippen molar-refractivity contribution in [2.24, 2.45) is 0 Å². The molecule has 3 N–H and O–H groups in total. The first-order valence-electron chi connectivity index (χ1n) is 6.62. The molecule has 0 fully saturated rings. The van der Waals surface area contributed by atoms with Gasteiger partial charge in [-0.25, -0.2) is 4.98 Å². The van der Waals surface area contributed by atoms with Crippen molar-refractivity contribution < 1.29 is 0 Å². The van der Waals surface area contributed by atoms with E-state index in [1.54, 1.807) is 12.7 Å². The quantitative estimate of drug-likeness (QED) is 0.863. The number of hydrogen-bond donors (Lipinski definition) is 1. The third-order valence-corrected chi connectivity index (χ3v) is 3.53. The van der Waals surface area contributed by atoms with Gasteiger partial charge in [0.05, 0.1) is 6.54 Å². The van der Waals surface area contributed by atoms with Crippen LogP contribution in [0.2, 0.25) is 0 Å². The van der Waals surface area contributed by atoms with Gasteiger partial charge in [0.2, 0.25) is 0 Å². The van der Waals surface area contributed by atoms with Gasteiger partial charge in [0, 0.05) is 5.41 Å². The number of hydrogen-bond acceptors (Lipinski definition) is 3. The molecule has 1 atom stereocenters. The van der Waals surface area contributed by atoms with Crippen LogP contribution < -0.4 is 6.15 Å². The highest BCUT2D eigenvalue weighted by Crippen LogP contribution is 2.31. The maximum Gasteiger partial charge on any atom is 0.137 e. The summed E-state index contributed by atoms with van der Waals surface area (Å²) in [5, 5.41) is 4.24. The Morgan fingerprint density at radius 1 is 1.21 bits per heavy atom. The molecule has 4 heteroatoms. The first-order chi connectivity index (χ1) is 8.74. The number of aromatic nitrogens is 3. The predicted octanol–water partition coefficient (Wildman–Crippen LogP) is 3.59. The van der Waals surface area contributed by atoms with E-state index in [4.69, 9.17) is 0 Å². The minimum atomic E-state index is 0. The Morgan fingerprint density at radius 2 is 1.95 bits per heavy atom. The highest BCUT2D eigenvalue weighted by atomic mass is 15.3. The molecule has 2 aromatic rings. The van der Waals surface area contributed by atoms with Gasteiger partial charge < -0.3 is 6.15 Å². The normalized spacial score (nSPS) is 13.6. The summed E-state index contributed by atoms with van der Waals surface area (Å²) in [5.74, 6) is 0. The van der Waals surface area contributed by atoms with Gasteiger partial charge in [-0.1, -0.05) is 57.0 Å². The van der Waals surface area contributed by atoms with Crippen LogP contribution in [0.15, 0.2) is 43.0 Å². The number of benzene rings is 1. The van der Waals surface area contributed by atoms with Crippen LogP contribution in [0, 0.1) is 0 Å². The maximum absolute atomic E-state index is 4.24. The molecule has 1 aromatic carbocycles. The Labute approximate surface area is 115 Å². The van der Waals surface area contributed by atoms with Gasteiger partial charge in [-0.2, -0.15) is 5.10 Å². The highest BCUT2D eigenvalue weighted by molar-refractivity contribution is 5.24. The Morgan fingerprint density at radius 3 is 2.53 bits per heavy atom. The molecule has 1 heterocycles. The van der Waals surface area contributed by atoms with Crippen LogP contribution in [-0.2, 0) is 12.0 Å². The average Bonchev–Trinajstić information content (AvgIpc) is 2.90. The molecule has 2 rings (SSSR count). The van der Waals surface area contributed by atoms with Crippen LogP contribution in [-0.4, -0.2) is 14.8 Å². The lowest BCUT2D eigenvalue weighted by atomic mass is 9.78. The minimum absolute atomic E-state index is 0. The van der Waals surface area contributed by atoms with E-state index in [1.807, 2.05) is 4.68 Å². The number of unbranched alkanes of at least 4 members (excludes halogenated alkanes) is 1. The largest absolute Gasteiger partial charge is 0.344 e. The van der Waals surface area contributed by atoms with E-state index < -0.39 is 0 Å².